The molecule has 38 heavy (non-hydrogen) atoms. The van der Waals surface area contributed by atoms with E-state index < -0.39 is 84.3 Å². The summed E-state index contributed by atoms with van der Waals surface area (Å²) in [6.45, 7) is 1.51. The lowest BCUT2D eigenvalue weighted by molar-refractivity contribution is -0.465. The van der Waals surface area contributed by atoms with Crippen molar-refractivity contribution in [2.24, 2.45) is 0 Å². The van der Waals surface area contributed by atoms with Crippen LogP contribution in [0.2, 0.25) is 0 Å². The van der Waals surface area contributed by atoms with Crippen LogP contribution in [0, 0.1) is 0 Å². The fourth-order valence-electron chi connectivity index (χ4n) is 2.11. The third-order valence-corrected chi connectivity index (χ3v) is 4.52. The van der Waals surface area contributed by atoms with Crippen molar-refractivity contribution < 1.29 is 97.3 Å². The fourth-order valence-corrected chi connectivity index (χ4v) is 2.11. The highest BCUT2D eigenvalue weighted by Gasteiger charge is 2.96. The van der Waals surface area contributed by atoms with Gasteiger partial charge in [0.25, 0.3) is 0 Å². The van der Waals surface area contributed by atoms with Crippen LogP contribution in [0.1, 0.15) is 13.3 Å². The Morgan fingerprint density at radius 2 is 0.895 bits per heavy atom. The summed E-state index contributed by atoms with van der Waals surface area (Å²) in [4.78, 5) is 10.9. The molecule has 2 nitrogen and oxygen atoms in total. The van der Waals surface area contributed by atoms with E-state index in [0.29, 0.717) is 0 Å². The van der Waals surface area contributed by atoms with Crippen LogP contribution < -0.4 is 0 Å². The maximum atomic E-state index is 13.6. The first-order chi connectivity index (χ1) is 16.3. The Bertz CT molecular complexity index is 889. The molecule has 0 aromatic heterocycles. The van der Waals surface area contributed by atoms with E-state index in [1.54, 1.807) is 0 Å². The second-order valence-corrected chi connectivity index (χ2v) is 7.32. The zero-order valence-corrected chi connectivity index (χ0v) is 17.6. The molecule has 0 saturated carbocycles. The van der Waals surface area contributed by atoms with Crippen LogP contribution >= 0.6 is 0 Å². The number of esters is 1. The molecule has 0 aromatic carbocycles. The lowest BCUT2D eigenvalue weighted by atomic mass is 9.86. The Morgan fingerprint density at radius 1 is 0.605 bits per heavy atom. The van der Waals surface area contributed by atoms with Crippen molar-refractivity contribution in [1.82, 2.24) is 0 Å². The quantitative estimate of drug-likeness (QED) is 0.122. The average Bonchev–Trinajstić information content (AvgIpc) is 2.71. The van der Waals surface area contributed by atoms with Gasteiger partial charge >= 0.3 is 65.7 Å². The van der Waals surface area contributed by atoms with Crippen LogP contribution in [0.15, 0.2) is 12.2 Å². The first kappa shape index (κ1) is 35.8. The smallest absolute Gasteiger partial charge is 0.385 e. The van der Waals surface area contributed by atoms with Gasteiger partial charge in [-0.3, -0.25) is 0 Å². The molecular formula is C16H10F20O2. The predicted octanol–water partition coefficient (Wildman–Crippen LogP) is 7.48. The first-order valence-corrected chi connectivity index (χ1v) is 8.78. The summed E-state index contributed by atoms with van der Waals surface area (Å²) in [5, 5.41) is 0. The number of hydrogen-bond donors (Lipinski definition) is 0. The van der Waals surface area contributed by atoms with Gasteiger partial charge in [-0.2, -0.15) is 79.0 Å². The topological polar surface area (TPSA) is 26.3 Å². The maximum absolute atomic E-state index is 13.6. The second kappa shape index (κ2) is 9.77. The van der Waals surface area contributed by atoms with Crippen LogP contribution in [0.3, 0.4) is 0 Å². The third kappa shape index (κ3) is 4.83. The molecule has 0 N–H and O–H groups in total. The highest BCUT2D eigenvalue weighted by atomic mass is 19.4. The average molecular weight is 614 g/mol. The molecule has 0 heterocycles. The minimum atomic E-state index is -9.05. The Balaban J connectivity index is 6.70. The van der Waals surface area contributed by atoms with Crippen LogP contribution in [0.25, 0.3) is 0 Å². The predicted molar refractivity (Wildman–Crippen MR) is 80.9 cm³/mol. The molecule has 0 aliphatic carbocycles. The van der Waals surface area contributed by atoms with Crippen LogP contribution in [-0.2, 0) is 9.53 Å². The Labute approximate surface area is 196 Å². The second-order valence-electron chi connectivity index (χ2n) is 7.32. The summed E-state index contributed by atoms with van der Waals surface area (Å²) in [5.74, 6) is -77.1. The van der Waals surface area contributed by atoms with Crippen LogP contribution in [-0.4, -0.2) is 72.3 Å². The summed E-state index contributed by atoms with van der Waals surface area (Å²) in [5.41, 5.74) is -0.658. The van der Waals surface area contributed by atoms with Gasteiger partial charge < -0.3 is 4.74 Å². The van der Waals surface area contributed by atoms with Crippen molar-refractivity contribution in [3.63, 3.8) is 0 Å². The van der Waals surface area contributed by atoms with E-state index in [1.165, 1.54) is 0 Å². The van der Waals surface area contributed by atoms with E-state index in [-0.39, 0.29) is 0 Å². The Hall–Kier alpha value is -2.19. The first-order valence-electron chi connectivity index (χ1n) is 8.78. The van der Waals surface area contributed by atoms with E-state index in [0.717, 1.165) is 6.92 Å². The summed E-state index contributed by atoms with van der Waals surface area (Å²) < 4.78 is 269. The van der Waals surface area contributed by atoms with E-state index in [2.05, 4.69) is 11.3 Å². The van der Waals surface area contributed by atoms with Crippen molar-refractivity contribution in [3.05, 3.63) is 12.2 Å². The molecule has 0 aromatic rings. The normalized spacial score (nSPS) is 15.6. The summed E-state index contributed by atoms with van der Waals surface area (Å²) >= 11 is 0. The molecule has 0 amide bonds. The highest BCUT2D eigenvalue weighted by Crippen LogP contribution is 2.65. The highest BCUT2D eigenvalue weighted by molar-refractivity contribution is 5.86. The lowest BCUT2D eigenvalue weighted by Gasteiger charge is -2.44. The monoisotopic (exact) mass is 614 g/mol. The van der Waals surface area contributed by atoms with Gasteiger partial charge in [-0.25, -0.2) is 13.6 Å². The zero-order valence-electron chi connectivity index (χ0n) is 17.6. The number of carbonyl (C=O) groups is 1. The van der Waals surface area contributed by atoms with Crippen molar-refractivity contribution >= 4 is 5.97 Å². The van der Waals surface area contributed by atoms with E-state index in [4.69, 9.17) is 0 Å². The number of hydrogen-bond acceptors (Lipinski definition) is 2. The largest absolute Gasteiger partial charge is 0.462 e. The molecule has 0 rings (SSSR count). The number of alkyl halides is 20. The van der Waals surface area contributed by atoms with E-state index in [9.17, 15) is 92.6 Å². The van der Waals surface area contributed by atoms with Crippen LogP contribution in [0.4, 0.5) is 87.8 Å². The number of halogens is 20. The SMILES string of the molecule is C=C(C)C(=O)OCCC(F)(F)C(F)(F)C(F)(F)C(F)(F)C(F)(F)C(F)(F)C(F)(F)C(F)(F)C(F)(F)C(F)F. The Morgan fingerprint density at radius 3 is 1.18 bits per heavy atom. The maximum Gasteiger partial charge on any atom is 0.385 e. The molecule has 0 bridgehead atoms. The molecule has 0 unspecified atom stereocenters. The van der Waals surface area contributed by atoms with Gasteiger partial charge in [0, 0.05) is 5.57 Å². The van der Waals surface area contributed by atoms with Crippen molar-refractivity contribution in [2.45, 2.75) is 73.1 Å². The summed E-state index contributed by atoms with van der Waals surface area (Å²) in [6.07, 6.45) is -9.08. The molecular weight excluding hydrogens is 604 g/mol. The fraction of sp³-hybridized carbons (Fsp3) is 0.812. The third-order valence-electron chi connectivity index (χ3n) is 4.52. The van der Waals surface area contributed by atoms with E-state index in [1.807, 2.05) is 0 Å². The standard InChI is InChI=1S/C16H10F20O2/c1-5(2)6(37)38-4-3-8(19,20)10(23,24)12(27,28)14(31,32)16(35,36)15(33,34)13(29,30)11(25,26)9(21,22)7(17)18/h7H,1,3-4H2,2H3. The molecule has 0 aliphatic rings. The zero-order chi connectivity index (χ0) is 31.4. The van der Waals surface area contributed by atoms with Crippen molar-refractivity contribution in [3.8, 4) is 0 Å². The van der Waals surface area contributed by atoms with Crippen LogP contribution in [0.5, 0.6) is 0 Å². The number of ether oxygens (including phenoxy) is 1. The van der Waals surface area contributed by atoms with Gasteiger partial charge in [0.1, 0.15) is 0 Å². The molecule has 0 spiro atoms. The van der Waals surface area contributed by atoms with Gasteiger partial charge in [0.05, 0.1) is 13.0 Å². The van der Waals surface area contributed by atoms with Gasteiger partial charge in [0.15, 0.2) is 0 Å². The summed E-state index contributed by atoms with van der Waals surface area (Å²) in [7, 11) is 0. The molecule has 0 aliphatic heterocycles. The van der Waals surface area contributed by atoms with Gasteiger partial charge in [-0.15, -0.1) is 0 Å². The molecule has 0 fully saturated rings. The minimum Gasteiger partial charge on any atom is -0.462 e. The molecule has 0 saturated heterocycles. The summed E-state index contributed by atoms with van der Waals surface area (Å²) in [6, 6.07) is 0. The minimum absolute atomic E-state index is 0.658. The molecule has 0 atom stereocenters. The number of rotatable bonds is 13. The van der Waals surface area contributed by atoms with Gasteiger partial charge in [-0.05, 0) is 6.92 Å². The molecule has 0 radical (unpaired) electrons. The number of carbonyl (C=O) groups excluding carboxylic acids is 1. The van der Waals surface area contributed by atoms with Crippen molar-refractivity contribution in [2.75, 3.05) is 6.61 Å². The van der Waals surface area contributed by atoms with Gasteiger partial charge in [0.2, 0.25) is 0 Å². The lowest BCUT2D eigenvalue weighted by Crippen LogP contribution is -2.76. The Kier molecular flexibility index (Phi) is 9.21. The molecule has 226 valence electrons. The van der Waals surface area contributed by atoms with E-state index >= 15 is 0 Å². The van der Waals surface area contributed by atoms with Crippen molar-refractivity contribution in [1.29, 1.82) is 0 Å². The van der Waals surface area contributed by atoms with Gasteiger partial charge in [-0.1, -0.05) is 6.58 Å². The molecule has 22 heteroatoms.